The number of hydrogen-bond acceptors (Lipinski definition) is 5. The van der Waals surface area contributed by atoms with Crippen LogP contribution in [0.4, 0.5) is 5.69 Å². The van der Waals surface area contributed by atoms with Crippen molar-refractivity contribution in [2.75, 3.05) is 5.32 Å². The average Bonchev–Trinajstić information content (AvgIpc) is 3.05. The molecule has 0 saturated heterocycles. The number of nitriles is 1. The minimum Gasteiger partial charge on any atom is -0.465 e. The smallest absolute Gasteiger partial charge is 0.349 e. The van der Waals surface area contributed by atoms with Crippen LogP contribution in [0.15, 0.2) is 52.7 Å². The lowest BCUT2D eigenvalue weighted by molar-refractivity contribution is -0.148. The third-order valence-electron chi connectivity index (χ3n) is 2.92. The summed E-state index contributed by atoms with van der Waals surface area (Å²) in [7, 11) is 0. The van der Waals surface area contributed by atoms with Crippen molar-refractivity contribution in [1.29, 1.82) is 5.26 Å². The Bertz CT molecular complexity index is 806. The number of nitrogens with one attached hydrogen (secondary N) is 1. The average molecular weight is 345 g/mol. The fourth-order valence-corrected chi connectivity index (χ4v) is 1.93. The molecule has 1 atom stereocenters. The molecular formula is C17H13ClN2O4. The molecule has 2 rings (SSSR count). The summed E-state index contributed by atoms with van der Waals surface area (Å²) in [6, 6.07) is 11.5. The highest BCUT2D eigenvalue weighted by Crippen LogP contribution is 2.16. The molecule has 0 aliphatic rings. The van der Waals surface area contributed by atoms with Gasteiger partial charge in [-0.05, 0) is 37.3 Å². The van der Waals surface area contributed by atoms with Gasteiger partial charge in [-0.3, -0.25) is 4.79 Å². The van der Waals surface area contributed by atoms with Crippen molar-refractivity contribution >= 4 is 35.2 Å². The second kappa shape index (κ2) is 7.99. The van der Waals surface area contributed by atoms with E-state index in [0.717, 1.165) is 0 Å². The van der Waals surface area contributed by atoms with Crippen LogP contribution in [-0.2, 0) is 14.3 Å². The fourth-order valence-electron chi connectivity index (χ4n) is 1.74. The SMILES string of the molecule is C[C@@H](OC(=O)/C(C#N)=C/c1ccco1)C(=O)Nc1cccc(Cl)c1. The lowest BCUT2D eigenvalue weighted by atomic mass is 10.2. The number of furan rings is 1. The van der Waals surface area contributed by atoms with E-state index in [2.05, 4.69) is 5.32 Å². The van der Waals surface area contributed by atoms with Crippen LogP contribution in [0.1, 0.15) is 12.7 Å². The van der Waals surface area contributed by atoms with Gasteiger partial charge in [0.05, 0.1) is 6.26 Å². The highest BCUT2D eigenvalue weighted by Gasteiger charge is 2.21. The number of esters is 1. The first-order chi connectivity index (χ1) is 11.5. The van der Waals surface area contributed by atoms with Gasteiger partial charge in [-0.15, -0.1) is 0 Å². The second-order valence-electron chi connectivity index (χ2n) is 4.73. The number of rotatable bonds is 5. The van der Waals surface area contributed by atoms with Crippen molar-refractivity contribution in [2.24, 2.45) is 0 Å². The maximum Gasteiger partial charge on any atom is 0.349 e. The van der Waals surface area contributed by atoms with E-state index in [9.17, 15) is 9.59 Å². The van der Waals surface area contributed by atoms with E-state index in [1.54, 1.807) is 42.5 Å². The van der Waals surface area contributed by atoms with Gasteiger partial charge in [-0.2, -0.15) is 5.26 Å². The molecule has 1 aromatic carbocycles. The molecule has 24 heavy (non-hydrogen) atoms. The Morgan fingerprint density at radius 3 is 2.79 bits per heavy atom. The molecule has 122 valence electrons. The van der Waals surface area contributed by atoms with Gasteiger partial charge in [0.1, 0.15) is 17.4 Å². The molecule has 0 spiro atoms. The summed E-state index contributed by atoms with van der Waals surface area (Å²) < 4.78 is 10.0. The summed E-state index contributed by atoms with van der Waals surface area (Å²) in [6.07, 6.45) is 1.56. The molecular weight excluding hydrogens is 332 g/mol. The Morgan fingerprint density at radius 1 is 1.38 bits per heavy atom. The van der Waals surface area contributed by atoms with Gasteiger partial charge in [-0.25, -0.2) is 4.79 Å². The highest BCUT2D eigenvalue weighted by atomic mass is 35.5. The monoisotopic (exact) mass is 344 g/mol. The quantitative estimate of drug-likeness (QED) is 0.509. The van der Waals surface area contributed by atoms with Gasteiger partial charge in [-0.1, -0.05) is 17.7 Å². The Hall–Kier alpha value is -3.04. The van der Waals surface area contributed by atoms with Crippen LogP contribution in [-0.4, -0.2) is 18.0 Å². The number of carbonyl (C=O) groups excluding carboxylic acids is 2. The molecule has 0 saturated carbocycles. The van der Waals surface area contributed by atoms with E-state index in [1.807, 2.05) is 0 Å². The van der Waals surface area contributed by atoms with Crippen molar-refractivity contribution in [2.45, 2.75) is 13.0 Å². The predicted molar refractivity (Wildman–Crippen MR) is 87.9 cm³/mol. The molecule has 1 aromatic heterocycles. The molecule has 1 heterocycles. The molecule has 0 aliphatic carbocycles. The van der Waals surface area contributed by atoms with Gasteiger partial charge in [0, 0.05) is 16.8 Å². The van der Waals surface area contributed by atoms with Gasteiger partial charge >= 0.3 is 5.97 Å². The van der Waals surface area contributed by atoms with Crippen molar-refractivity contribution in [3.8, 4) is 6.07 Å². The Morgan fingerprint density at radius 2 is 2.17 bits per heavy atom. The zero-order valence-corrected chi connectivity index (χ0v) is 13.4. The first kappa shape index (κ1) is 17.3. The number of carbonyl (C=O) groups is 2. The Balaban J connectivity index is 2.00. The number of nitrogens with zero attached hydrogens (tertiary/aromatic N) is 1. The van der Waals surface area contributed by atoms with Crippen LogP contribution in [0.2, 0.25) is 5.02 Å². The minimum absolute atomic E-state index is 0.271. The summed E-state index contributed by atoms with van der Waals surface area (Å²) in [6.45, 7) is 1.40. The number of halogens is 1. The van der Waals surface area contributed by atoms with Gasteiger partial charge in [0.25, 0.3) is 5.91 Å². The number of anilines is 1. The zero-order chi connectivity index (χ0) is 17.5. The van der Waals surface area contributed by atoms with Crippen LogP contribution in [0.5, 0.6) is 0 Å². The van der Waals surface area contributed by atoms with E-state index in [-0.39, 0.29) is 5.57 Å². The molecule has 0 radical (unpaired) electrons. The van der Waals surface area contributed by atoms with Crippen LogP contribution >= 0.6 is 11.6 Å². The number of ether oxygens (including phenoxy) is 1. The molecule has 6 nitrogen and oxygen atoms in total. The molecule has 7 heteroatoms. The maximum atomic E-state index is 12.0. The van der Waals surface area contributed by atoms with Crippen LogP contribution in [0.25, 0.3) is 6.08 Å². The van der Waals surface area contributed by atoms with Crippen molar-refractivity contribution in [3.63, 3.8) is 0 Å². The lowest BCUT2D eigenvalue weighted by Gasteiger charge is -2.13. The summed E-state index contributed by atoms with van der Waals surface area (Å²) in [5.41, 5.74) is 0.203. The van der Waals surface area contributed by atoms with E-state index < -0.39 is 18.0 Å². The minimum atomic E-state index is -1.09. The molecule has 0 unspecified atom stereocenters. The summed E-state index contributed by atoms with van der Waals surface area (Å²) in [5, 5.41) is 12.1. The topological polar surface area (TPSA) is 92.3 Å². The predicted octanol–water partition coefficient (Wildman–Crippen LogP) is 3.41. The molecule has 1 amide bonds. The molecule has 1 N–H and O–H groups in total. The standard InChI is InChI=1S/C17H13ClN2O4/c1-11(16(21)20-14-5-2-4-13(18)9-14)24-17(22)12(10-19)8-15-6-3-7-23-15/h2-9,11H,1H3,(H,20,21)/b12-8+/t11-/m1/s1. The van der Waals surface area contributed by atoms with E-state index >= 15 is 0 Å². The highest BCUT2D eigenvalue weighted by molar-refractivity contribution is 6.30. The number of benzene rings is 1. The van der Waals surface area contributed by atoms with E-state index in [0.29, 0.717) is 16.5 Å². The fraction of sp³-hybridized carbons (Fsp3) is 0.118. The second-order valence-corrected chi connectivity index (χ2v) is 5.17. The Kier molecular flexibility index (Phi) is 5.77. The zero-order valence-electron chi connectivity index (χ0n) is 12.7. The van der Waals surface area contributed by atoms with Crippen LogP contribution < -0.4 is 5.32 Å². The number of hydrogen-bond donors (Lipinski definition) is 1. The van der Waals surface area contributed by atoms with Crippen molar-refractivity contribution in [1.82, 2.24) is 0 Å². The Labute approximate surface area is 143 Å². The summed E-state index contributed by atoms with van der Waals surface area (Å²) in [5.74, 6) is -1.12. The molecule has 2 aromatic rings. The van der Waals surface area contributed by atoms with Crippen molar-refractivity contribution < 1.29 is 18.7 Å². The van der Waals surface area contributed by atoms with E-state index in [4.69, 9.17) is 26.0 Å². The first-order valence-corrected chi connectivity index (χ1v) is 7.30. The van der Waals surface area contributed by atoms with Crippen LogP contribution in [0.3, 0.4) is 0 Å². The van der Waals surface area contributed by atoms with Crippen LogP contribution in [0, 0.1) is 11.3 Å². The third-order valence-corrected chi connectivity index (χ3v) is 3.15. The van der Waals surface area contributed by atoms with Gasteiger partial charge in [0.15, 0.2) is 6.10 Å². The van der Waals surface area contributed by atoms with Crippen molar-refractivity contribution in [3.05, 3.63) is 59.0 Å². The lowest BCUT2D eigenvalue weighted by Crippen LogP contribution is -2.30. The van der Waals surface area contributed by atoms with Gasteiger partial charge in [0.2, 0.25) is 0 Å². The third kappa shape index (κ3) is 4.73. The van der Waals surface area contributed by atoms with Gasteiger partial charge < -0.3 is 14.5 Å². The normalized spacial score (nSPS) is 12.1. The first-order valence-electron chi connectivity index (χ1n) is 6.92. The summed E-state index contributed by atoms with van der Waals surface area (Å²) >= 11 is 5.83. The molecule has 0 aliphatic heterocycles. The van der Waals surface area contributed by atoms with E-state index in [1.165, 1.54) is 19.3 Å². The maximum absolute atomic E-state index is 12.0. The molecule has 0 fully saturated rings. The molecule has 0 bridgehead atoms. The summed E-state index contributed by atoms with van der Waals surface area (Å²) in [4.78, 5) is 24.0. The largest absolute Gasteiger partial charge is 0.465 e. The number of amides is 1.